The molecule has 0 aliphatic carbocycles. The van der Waals surface area contributed by atoms with Gasteiger partial charge in [0.2, 0.25) is 0 Å². The summed E-state index contributed by atoms with van der Waals surface area (Å²) in [5.41, 5.74) is 5.00. The summed E-state index contributed by atoms with van der Waals surface area (Å²) in [6.45, 7) is 5.68. The normalized spacial score (nSPS) is 15.6. The average Bonchev–Trinajstić information content (AvgIpc) is 3.13. The predicted molar refractivity (Wildman–Crippen MR) is 89.2 cm³/mol. The van der Waals surface area contributed by atoms with E-state index in [1.165, 1.54) is 5.56 Å². The number of amides is 1. The van der Waals surface area contributed by atoms with Gasteiger partial charge in [-0.3, -0.25) is 9.69 Å². The van der Waals surface area contributed by atoms with E-state index in [1.807, 2.05) is 36.7 Å². The van der Waals surface area contributed by atoms with Crippen LogP contribution in [0.5, 0.6) is 0 Å². The number of rotatable bonds is 4. The Morgan fingerprint density at radius 3 is 2.91 bits per heavy atom. The molecular weight excluding hydrogens is 296 g/mol. The lowest BCUT2D eigenvalue weighted by Crippen LogP contribution is -2.30. The number of thiophene rings is 1. The highest BCUT2D eigenvalue weighted by molar-refractivity contribution is 7.08. The van der Waals surface area contributed by atoms with Gasteiger partial charge in [0.05, 0.1) is 12.2 Å². The number of nitrogens with one attached hydrogen (secondary N) is 1. The monoisotopic (exact) mass is 316 g/mol. The summed E-state index contributed by atoms with van der Waals surface area (Å²) in [5, 5.41) is 16.2. The van der Waals surface area contributed by atoms with Crippen molar-refractivity contribution in [1.29, 1.82) is 0 Å². The standard InChI is InChI=1S/C17H20N2O2S/c1-11-9-22-10-15(11)17(21)18-16-5-3-4-13-6-19(7-14(13)16)12(2)8-20/h3-5,9-10,12,20H,6-8H2,1-2H3,(H,18,21). The predicted octanol–water partition coefficient (Wildman–Crippen LogP) is 3.01. The van der Waals surface area contributed by atoms with E-state index in [9.17, 15) is 9.90 Å². The molecule has 0 spiro atoms. The summed E-state index contributed by atoms with van der Waals surface area (Å²) >= 11 is 1.54. The lowest BCUT2D eigenvalue weighted by molar-refractivity contribution is 0.102. The van der Waals surface area contributed by atoms with Gasteiger partial charge >= 0.3 is 0 Å². The van der Waals surface area contributed by atoms with E-state index in [1.54, 1.807) is 11.3 Å². The van der Waals surface area contributed by atoms with Gasteiger partial charge in [0, 0.05) is 30.2 Å². The minimum absolute atomic E-state index is 0.0548. The number of hydrogen-bond donors (Lipinski definition) is 2. The van der Waals surface area contributed by atoms with Crippen LogP contribution >= 0.6 is 11.3 Å². The smallest absolute Gasteiger partial charge is 0.256 e. The zero-order valence-electron chi connectivity index (χ0n) is 12.8. The number of aliphatic hydroxyl groups is 1. The molecule has 1 amide bonds. The Balaban J connectivity index is 1.82. The fraction of sp³-hybridized carbons (Fsp3) is 0.353. The third-order valence-electron chi connectivity index (χ3n) is 4.24. The van der Waals surface area contributed by atoms with E-state index in [0.717, 1.165) is 35.5 Å². The summed E-state index contributed by atoms with van der Waals surface area (Å²) in [6, 6.07) is 6.13. The Morgan fingerprint density at radius 2 is 2.23 bits per heavy atom. The Bertz CT molecular complexity index is 696. The molecule has 5 heteroatoms. The Kier molecular flexibility index (Phi) is 4.29. The SMILES string of the molecule is Cc1cscc1C(=O)Nc1cccc2c1CN(C(C)CO)C2. The maximum Gasteiger partial charge on any atom is 0.256 e. The average molecular weight is 316 g/mol. The lowest BCUT2D eigenvalue weighted by Gasteiger charge is -2.21. The lowest BCUT2D eigenvalue weighted by atomic mass is 10.1. The third-order valence-corrected chi connectivity index (χ3v) is 5.11. The molecule has 0 fully saturated rings. The van der Waals surface area contributed by atoms with Crippen LogP contribution in [0.3, 0.4) is 0 Å². The van der Waals surface area contributed by atoms with Gasteiger partial charge in [-0.15, -0.1) is 0 Å². The number of aryl methyl sites for hydroxylation is 1. The van der Waals surface area contributed by atoms with Crippen molar-refractivity contribution in [3.63, 3.8) is 0 Å². The van der Waals surface area contributed by atoms with Gasteiger partial charge < -0.3 is 10.4 Å². The molecule has 0 radical (unpaired) electrons. The number of carbonyl (C=O) groups is 1. The largest absolute Gasteiger partial charge is 0.395 e. The molecule has 116 valence electrons. The van der Waals surface area contributed by atoms with Crippen molar-refractivity contribution in [2.24, 2.45) is 0 Å². The molecule has 2 N–H and O–H groups in total. The van der Waals surface area contributed by atoms with Gasteiger partial charge in [-0.2, -0.15) is 11.3 Å². The summed E-state index contributed by atoms with van der Waals surface area (Å²) < 4.78 is 0. The second kappa shape index (κ2) is 6.20. The summed E-state index contributed by atoms with van der Waals surface area (Å²) in [6.07, 6.45) is 0. The number of hydrogen-bond acceptors (Lipinski definition) is 4. The topological polar surface area (TPSA) is 52.6 Å². The first-order valence-corrected chi connectivity index (χ1v) is 8.34. The summed E-state index contributed by atoms with van der Waals surface area (Å²) in [7, 11) is 0. The first kappa shape index (κ1) is 15.2. The van der Waals surface area contributed by atoms with Crippen molar-refractivity contribution in [3.05, 3.63) is 51.2 Å². The number of nitrogens with zero attached hydrogens (tertiary/aromatic N) is 1. The fourth-order valence-corrected chi connectivity index (χ4v) is 3.60. The highest BCUT2D eigenvalue weighted by Gasteiger charge is 2.25. The minimum atomic E-state index is -0.0548. The zero-order chi connectivity index (χ0) is 15.7. The van der Waals surface area contributed by atoms with Gasteiger partial charge in [-0.25, -0.2) is 0 Å². The highest BCUT2D eigenvalue weighted by atomic mass is 32.1. The quantitative estimate of drug-likeness (QED) is 0.912. The van der Waals surface area contributed by atoms with Crippen molar-refractivity contribution in [1.82, 2.24) is 4.90 Å². The second-order valence-corrected chi connectivity index (χ2v) is 6.55. The highest BCUT2D eigenvalue weighted by Crippen LogP contribution is 2.31. The van der Waals surface area contributed by atoms with Crippen LogP contribution in [0, 0.1) is 6.92 Å². The van der Waals surface area contributed by atoms with Crippen LogP contribution in [-0.4, -0.2) is 28.6 Å². The second-order valence-electron chi connectivity index (χ2n) is 5.80. The zero-order valence-corrected chi connectivity index (χ0v) is 13.6. The summed E-state index contributed by atoms with van der Waals surface area (Å²) in [5.74, 6) is -0.0548. The third kappa shape index (κ3) is 2.79. The van der Waals surface area contributed by atoms with Crippen LogP contribution in [0.15, 0.2) is 29.0 Å². The van der Waals surface area contributed by atoms with Crippen molar-refractivity contribution < 1.29 is 9.90 Å². The molecule has 0 saturated heterocycles. The molecule has 1 aromatic heterocycles. The number of benzene rings is 1. The molecule has 3 rings (SSSR count). The molecule has 1 aromatic carbocycles. The van der Waals surface area contributed by atoms with Crippen LogP contribution in [0.2, 0.25) is 0 Å². The Labute approximate surface area is 134 Å². The van der Waals surface area contributed by atoms with E-state index in [4.69, 9.17) is 0 Å². The number of anilines is 1. The van der Waals surface area contributed by atoms with Crippen molar-refractivity contribution in [2.75, 3.05) is 11.9 Å². The van der Waals surface area contributed by atoms with E-state index in [2.05, 4.69) is 16.3 Å². The van der Waals surface area contributed by atoms with Crippen LogP contribution in [0.4, 0.5) is 5.69 Å². The van der Waals surface area contributed by atoms with Gasteiger partial charge in [-0.1, -0.05) is 12.1 Å². The maximum atomic E-state index is 12.4. The van der Waals surface area contributed by atoms with Gasteiger partial charge in [0.25, 0.3) is 5.91 Å². The van der Waals surface area contributed by atoms with Crippen molar-refractivity contribution in [3.8, 4) is 0 Å². The molecule has 1 atom stereocenters. The molecule has 1 unspecified atom stereocenters. The Morgan fingerprint density at radius 1 is 1.41 bits per heavy atom. The molecule has 2 heterocycles. The van der Waals surface area contributed by atoms with Crippen LogP contribution in [0.25, 0.3) is 0 Å². The molecule has 1 aliphatic rings. The number of aliphatic hydroxyl groups excluding tert-OH is 1. The van der Waals surface area contributed by atoms with E-state index < -0.39 is 0 Å². The minimum Gasteiger partial charge on any atom is -0.395 e. The number of fused-ring (bicyclic) bond motifs is 1. The van der Waals surface area contributed by atoms with Crippen LogP contribution in [-0.2, 0) is 13.1 Å². The maximum absolute atomic E-state index is 12.4. The van der Waals surface area contributed by atoms with Crippen molar-refractivity contribution >= 4 is 22.9 Å². The van der Waals surface area contributed by atoms with Gasteiger partial charge in [0.15, 0.2) is 0 Å². The molecule has 2 aromatic rings. The fourth-order valence-electron chi connectivity index (χ4n) is 2.77. The summed E-state index contributed by atoms with van der Waals surface area (Å²) in [4.78, 5) is 14.6. The van der Waals surface area contributed by atoms with E-state index in [0.29, 0.717) is 0 Å². The van der Waals surface area contributed by atoms with Crippen molar-refractivity contribution in [2.45, 2.75) is 33.0 Å². The van der Waals surface area contributed by atoms with E-state index >= 15 is 0 Å². The van der Waals surface area contributed by atoms with Gasteiger partial charge in [0.1, 0.15) is 0 Å². The van der Waals surface area contributed by atoms with Crippen LogP contribution < -0.4 is 5.32 Å². The molecule has 0 bridgehead atoms. The number of carbonyl (C=O) groups excluding carboxylic acids is 1. The molecule has 22 heavy (non-hydrogen) atoms. The Hall–Kier alpha value is -1.69. The van der Waals surface area contributed by atoms with E-state index in [-0.39, 0.29) is 18.6 Å². The first-order valence-electron chi connectivity index (χ1n) is 7.40. The molecule has 1 aliphatic heterocycles. The first-order chi connectivity index (χ1) is 10.6. The molecule has 0 saturated carbocycles. The van der Waals surface area contributed by atoms with Gasteiger partial charge in [-0.05, 0) is 42.0 Å². The molecular formula is C17H20N2O2S. The molecule has 4 nitrogen and oxygen atoms in total. The van der Waals surface area contributed by atoms with Crippen LogP contribution in [0.1, 0.15) is 34.0 Å².